The molecule has 0 aromatic heterocycles. The second-order valence-corrected chi connectivity index (χ2v) is 6.09. The lowest BCUT2D eigenvalue weighted by atomic mass is 9.89. The molecule has 4 heteroatoms. The van der Waals surface area contributed by atoms with E-state index in [4.69, 9.17) is 0 Å². The summed E-state index contributed by atoms with van der Waals surface area (Å²) in [7, 11) is 1.71. The number of carbonyl (C=O) groups excluding carboxylic acids is 1. The van der Waals surface area contributed by atoms with Crippen LogP contribution >= 0.6 is 0 Å². The van der Waals surface area contributed by atoms with Crippen molar-refractivity contribution in [2.45, 2.75) is 32.7 Å². The van der Waals surface area contributed by atoms with E-state index in [9.17, 15) is 4.79 Å². The van der Waals surface area contributed by atoms with Gasteiger partial charge in [-0.3, -0.25) is 4.79 Å². The summed E-state index contributed by atoms with van der Waals surface area (Å²) in [4.78, 5) is 14.3. The van der Waals surface area contributed by atoms with Gasteiger partial charge in [-0.05, 0) is 45.7 Å². The summed E-state index contributed by atoms with van der Waals surface area (Å²) in [6, 6.07) is 0.609. The van der Waals surface area contributed by atoms with Gasteiger partial charge in [-0.1, -0.05) is 0 Å². The van der Waals surface area contributed by atoms with Gasteiger partial charge in [0.2, 0.25) is 5.91 Å². The van der Waals surface area contributed by atoms with Gasteiger partial charge in [0.05, 0.1) is 5.41 Å². The number of hydrogen-bond acceptors (Lipinski definition) is 3. The van der Waals surface area contributed by atoms with Crippen molar-refractivity contribution < 1.29 is 4.79 Å². The van der Waals surface area contributed by atoms with Crippen LogP contribution in [0.3, 0.4) is 0 Å². The molecule has 2 aliphatic rings. The summed E-state index contributed by atoms with van der Waals surface area (Å²) in [6.07, 6.45) is 2.55. The summed E-state index contributed by atoms with van der Waals surface area (Å²) in [5, 5.41) is 6.36. The van der Waals surface area contributed by atoms with Crippen molar-refractivity contribution in [1.29, 1.82) is 0 Å². The highest BCUT2D eigenvalue weighted by molar-refractivity contribution is 5.81. The van der Waals surface area contributed by atoms with Gasteiger partial charge >= 0.3 is 0 Å². The molecule has 0 aliphatic carbocycles. The number of nitrogens with one attached hydrogen (secondary N) is 2. The van der Waals surface area contributed by atoms with Crippen LogP contribution in [-0.2, 0) is 4.79 Å². The molecule has 4 nitrogen and oxygen atoms in total. The molecule has 2 rings (SSSR count). The molecule has 0 saturated carbocycles. The van der Waals surface area contributed by atoms with Gasteiger partial charge in [0.15, 0.2) is 0 Å². The molecule has 2 fully saturated rings. The van der Waals surface area contributed by atoms with Gasteiger partial charge in [0.25, 0.3) is 0 Å². The lowest BCUT2D eigenvalue weighted by Crippen LogP contribution is -2.49. The fourth-order valence-electron chi connectivity index (χ4n) is 3.03. The fourth-order valence-corrected chi connectivity index (χ4v) is 3.03. The van der Waals surface area contributed by atoms with E-state index >= 15 is 0 Å². The van der Waals surface area contributed by atoms with Crippen LogP contribution in [0.5, 0.6) is 0 Å². The molecule has 1 amide bonds. The predicted octanol–water partition coefficient (Wildman–Crippen LogP) is 0.442. The van der Waals surface area contributed by atoms with Crippen LogP contribution in [0.2, 0.25) is 0 Å². The van der Waals surface area contributed by atoms with E-state index in [0.717, 1.165) is 12.5 Å². The normalized spacial score (nSPS) is 32.5. The van der Waals surface area contributed by atoms with E-state index in [-0.39, 0.29) is 11.3 Å². The Morgan fingerprint density at radius 3 is 2.76 bits per heavy atom. The molecule has 0 aromatic rings. The molecule has 0 radical (unpaired) electrons. The average Bonchev–Trinajstić information content (AvgIpc) is 2.70. The highest BCUT2D eigenvalue weighted by Gasteiger charge is 2.35. The molecule has 98 valence electrons. The van der Waals surface area contributed by atoms with E-state index in [1.807, 2.05) is 13.8 Å². The maximum Gasteiger partial charge on any atom is 0.226 e. The van der Waals surface area contributed by atoms with Crippen LogP contribution in [0.15, 0.2) is 0 Å². The van der Waals surface area contributed by atoms with E-state index in [1.54, 1.807) is 7.05 Å². The molecule has 2 bridgehead atoms. The lowest BCUT2D eigenvalue weighted by Gasteiger charge is -2.33. The summed E-state index contributed by atoms with van der Waals surface area (Å²) < 4.78 is 0. The first-order valence-electron chi connectivity index (χ1n) is 6.71. The van der Waals surface area contributed by atoms with Crippen molar-refractivity contribution >= 4 is 5.91 Å². The van der Waals surface area contributed by atoms with Crippen LogP contribution in [0.25, 0.3) is 0 Å². The molecule has 0 spiro atoms. The van der Waals surface area contributed by atoms with Crippen molar-refractivity contribution in [2.24, 2.45) is 11.3 Å². The topological polar surface area (TPSA) is 44.4 Å². The van der Waals surface area contributed by atoms with Crippen molar-refractivity contribution in [3.63, 3.8) is 0 Å². The average molecular weight is 239 g/mol. The predicted molar refractivity (Wildman–Crippen MR) is 68.8 cm³/mol. The largest absolute Gasteiger partial charge is 0.359 e. The number of rotatable bonds is 4. The Bertz CT molecular complexity index is 290. The van der Waals surface area contributed by atoms with Crippen molar-refractivity contribution in [3.05, 3.63) is 0 Å². The summed E-state index contributed by atoms with van der Waals surface area (Å²) in [6.45, 7) is 8.51. The monoisotopic (exact) mass is 239 g/mol. The minimum absolute atomic E-state index is 0.119. The molecule has 2 saturated heterocycles. The lowest BCUT2D eigenvalue weighted by molar-refractivity contribution is -0.128. The van der Waals surface area contributed by atoms with Gasteiger partial charge in [-0.2, -0.15) is 0 Å². The number of carbonyl (C=O) groups is 1. The Kier molecular flexibility index (Phi) is 3.73. The van der Waals surface area contributed by atoms with E-state index in [0.29, 0.717) is 6.04 Å². The van der Waals surface area contributed by atoms with Gasteiger partial charge < -0.3 is 15.5 Å². The highest BCUT2D eigenvalue weighted by Crippen LogP contribution is 2.27. The van der Waals surface area contributed by atoms with Crippen LogP contribution in [-0.4, -0.2) is 50.1 Å². The van der Waals surface area contributed by atoms with E-state index < -0.39 is 0 Å². The molecule has 2 aliphatic heterocycles. The summed E-state index contributed by atoms with van der Waals surface area (Å²) in [5.41, 5.74) is -0.315. The highest BCUT2D eigenvalue weighted by atomic mass is 16.2. The molecule has 3 unspecified atom stereocenters. The number of fused-ring (bicyclic) bond motifs is 2. The molecule has 17 heavy (non-hydrogen) atoms. The Labute approximate surface area is 104 Å². The maximum atomic E-state index is 11.7. The van der Waals surface area contributed by atoms with Gasteiger partial charge in [0.1, 0.15) is 0 Å². The third kappa shape index (κ3) is 2.80. The minimum Gasteiger partial charge on any atom is -0.359 e. The van der Waals surface area contributed by atoms with E-state index in [1.165, 1.54) is 32.5 Å². The first kappa shape index (κ1) is 12.8. The van der Waals surface area contributed by atoms with Gasteiger partial charge in [-0.15, -0.1) is 0 Å². The van der Waals surface area contributed by atoms with Crippen LogP contribution in [0.1, 0.15) is 26.7 Å². The van der Waals surface area contributed by atoms with E-state index in [2.05, 4.69) is 15.5 Å². The Morgan fingerprint density at radius 1 is 1.35 bits per heavy atom. The zero-order valence-corrected chi connectivity index (χ0v) is 11.3. The Morgan fingerprint density at radius 2 is 2.06 bits per heavy atom. The van der Waals surface area contributed by atoms with Gasteiger partial charge in [-0.25, -0.2) is 0 Å². The van der Waals surface area contributed by atoms with Crippen LogP contribution in [0.4, 0.5) is 0 Å². The smallest absolute Gasteiger partial charge is 0.226 e. The number of amides is 1. The molecule has 3 atom stereocenters. The second-order valence-electron chi connectivity index (χ2n) is 6.09. The fraction of sp³-hybridized carbons (Fsp3) is 0.923. The molecule has 2 N–H and O–H groups in total. The van der Waals surface area contributed by atoms with Crippen molar-refractivity contribution in [1.82, 2.24) is 15.5 Å². The minimum atomic E-state index is -0.315. The third-order valence-electron chi connectivity index (χ3n) is 4.28. The maximum absolute atomic E-state index is 11.7. The first-order valence-corrected chi connectivity index (χ1v) is 6.71. The van der Waals surface area contributed by atoms with Crippen LogP contribution in [0, 0.1) is 11.3 Å². The Balaban J connectivity index is 1.83. The number of piperidine rings is 1. The zero-order valence-electron chi connectivity index (χ0n) is 11.3. The third-order valence-corrected chi connectivity index (χ3v) is 4.28. The molecule has 2 heterocycles. The SMILES string of the molecule is CNC(=O)C(C)(C)CNC1CCN2CCC1C2. The van der Waals surface area contributed by atoms with Crippen molar-refractivity contribution in [2.75, 3.05) is 33.2 Å². The zero-order chi connectivity index (χ0) is 12.5. The molecular weight excluding hydrogens is 214 g/mol. The standard InChI is InChI=1S/C13H25N3O/c1-13(2,12(17)14-3)9-15-11-5-7-16-6-4-10(11)8-16/h10-11,15H,4-9H2,1-3H3,(H,14,17). The first-order chi connectivity index (χ1) is 8.03. The molecular formula is C13H25N3O. The summed E-state index contributed by atoms with van der Waals surface area (Å²) >= 11 is 0. The van der Waals surface area contributed by atoms with Gasteiger partial charge in [0, 0.05) is 26.2 Å². The van der Waals surface area contributed by atoms with Crippen LogP contribution < -0.4 is 10.6 Å². The Hall–Kier alpha value is -0.610. The number of nitrogens with zero attached hydrogens (tertiary/aromatic N) is 1. The molecule has 0 aromatic carbocycles. The summed E-state index contributed by atoms with van der Waals surface area (Å²) in [5.74, 6) is 0.915. The quantitative estimate of drug-likeness (QED) is 0.748. The second kappa shape index (κ2) is 4.94. The van der Waals surface area contributed by atoms with Crippen molar-refractivity contribution in [3.8, 4) is 0 Å². The number of hydrogen-bond donors (Lipinski definition) is 2.